The number of nitrogens with one attached hydrogen (secondary N) is 2. The van der Waals surface area contributed by atoms with Crippen molar-refractivity contribution >= 4 is 55.9 Å². The van der Waals surface area contributed by atoms with Gasteiger partial charge in [-0.1, -0.05) is 41.4 Å². The number of hydrogen-bond donors (Lipinski definition) is 2. The number of hydrogen-bond acceptors (Lipinski definition) is 8. The van der Waals surface area contributed by atoms with E-state index in [1.807, 2.05) is 7.05 Å². The number of benzene rings is 2. The number of aromatic nitrogens is 4. The maximum atomic E-state index is 12.8. The Bertz CT molecular complexity index is 1570. The lowest BCUT2D eigenvalue weighted by molar-refractivity contribution is 0.154. The molecule has 0 radical (unpaired) electrons. The molecule has 39 heavy (non-hydrogen) atoms. The topological polar surface area (TPSA) is 108 Å². The molecule has 3 heterocycles. The predicted molar refractivity (Wildman–Crippen MR) is 156 cm³/mol. The van der Waals surface area contributed by atoms with Crippen molar-refractivity contribution in [3.8, 4) is 11.3 Å². The molecule has 0 amide bonds. The number of likely N-dealkylation sites (N-methyl/N-ethyl adjacent to an activating group) is 1. The highest BCUT2D eigenvalue weighted by atomic mass is 35.5. The van der Waals surface area contributed by atoms with E-state index < -0.39 is 10.0 Å². The average Bonchev–Trinajstić information content (AvgIpc) is 3.25. The number of fused-ring (bicyclic) bond motifs is 1. The first-order valence-electron chi connectivity index (χ1n) is 12.6. The lowest BCUT2D eigenvalue weighted by atomic mass is 10.1. The largest absolute Gasteiger partial charge is 0.354 e. The normalized spacial score (nSPS) is 15.1. The van der Waals surface area contributed by atoms with E-state index in [4.69, 9.17) is 23.2 Å². The maximum Gasteiger partial charge on any atom is 0.263 e. The lowest BCUT2D eigenvalue weighted by Gasteiger charge is -2.32. The summed E-state index contributed by atoms with van der Waals surface area (Å²) in [4.78, 5) is 13.9. The van der Waals surface area contributed by atoms with Gasteiger partial charge in [0.2, 0.25) is 5.95 Å². The van der Waals surface area contributed by atoms with Crippen molar-refractivity contribution in [2.75, 3.05) is 56.4 Å². The number of sulfonamides is 1. The molecule has 2 aromatic carbocycles. The third kappa shape index (κ3) is 6.28. The minimum atomic E-state index is -3.92. The summed E-state index contributed by atoms with van der Waals surface area (Å²) in [5.41, 5.74) is 2.61. The van der Waals surface area contributed by atoms with Crippen molar-refractivity contribution in [3.63, 3.8) is 0 Å². The molecule has 1 aliphatic heterocycles. The van der Waals surface area contributed by atoms with E-state index in [1.165, 1.54) is 18.2 Å². The minimum Gasteiger partial charge on any atom is -0.354 e. The zero-order chi connectivity index (χ0) is 27.6. The minimum absolute atomic E-state index is 0.0212. The van der Waals surface area contributed by atoms with Crippen LogP contribution in [0.2, 0.25) is 10.0 Å². The fourth-order valence-electron chi connectivity index (χ4n) is 4.51. The monoisotopic (exact) mass is 588 g/mol. The Labute approximate surface area is 238 Å². The Balaban J connectivity index is 1.25. The van der Waals surface area contributed by atoms with Gasteiger partial charge in [0.05, 0.1) is 15.4 Å². The average molecular weight is 590 g/mol. The van der Waals surface area contributed by atoms with Crippen LogP contribution < -0.4 is 10.0 Å². The van der Waals surface area contributed by atoms with Gasteiger partial charge in [-0.05, 0) is 44.3 Å². The Morgan fingerprint density at radius 1 is 1.00 bits per heavy atom. The highest BCUT2D eigenvalue weighted by Gasteiger charge is 2.20. The van der Waals surface area contributed by atoms with Gasteiger partial charge in [0.1, 0.15) is 10.6 Å². The van der Waals surface area contributed by atoms with Crippen molar-refractivity contribution in [1.82, 2.24) is 29.5 Å². The van der Waals surface area contributed by atoms with Crippen LogP contribution in [0.3, 0.4) is 0 Å². The van der Waals surface area contributed by atoms with Crippen LogP contribution in [0.15, 0.2) is 53.6 Å². The highest BCUT2D eigenvalue weighted by Crippen LogP contribution is 2.31. The van der Waals surface area contributed by atoms with Gasteiger partial charge < -0.3 is 15.1 Å². The van der Waals surface area contributed by atoms with Gasteiger partial charge in [0.15, 0.2) is 5.65 Å². The van der Waals surface area contributed by atoms with E-state index >= 15 is 0 Å². The summed E-state index contributed by atoms with van der Waals surface area (Å²) in [6.45, 7) is 6.30. The van der Waals surface area contributed by atoms with E-state index in [-0.39, 0.29) is 14.9 Å². The van der Waals surface area contributed by atoms with Gasteiger partial charge in [-0.3, -0.25) is 4.72 Å². The van der Waals surface area contributed by atoms with Gasteiger partial charge in [-0.2, -0.15) is 10.1 Å². The summed E-state index contributed by atoms with van der Waals surface area (Å²) in [7, 11) is 0.0876. The van der Waals surface area contributed by atoms with Crippen LogP contribution in [0.4, 0.5) is 11.6 Å². The van der Waals surface area contributed by atoms with Crippen LogP contribution in [-0.4, -0.2) is 84.3 Å². The molecule has 0 bridgehead atoms. The first-order chi connectivity index (χ1) is 18.7. The number of halogens is 2. The third-order valence-corrected chi connectivity index (χ3v) is 9.08. The molecule has 1 aliphatic rings. The fourth-order valence-corrected chi connectivity index (χ4v) is 6.33. The first kappa shape index (κ1) is 27.6. The van der Waals surface area contributed by atoms with Crippen LogP contribution in [-0.2, 0) is 17.1 Å². The first-order valence-corrected chi connectivity index (χ1v) is 14.9. The molecular weight excluding hydrogens is 559 g/mol. The lowest BCUT2D eigenvalue weighted by Crippen LogP contribution is -2.44. The number of anilines is 2. The quantitative estimate of drug-likeness (QED) is 0.280. The van der Waals surface area contributed by atoms with Gasteiger partial charge in [-0.25, -0.2) is 18.1 Å². The SMILES string of the molecule is CN1CCN(CCCNc2ncc3c(-c4ccc(NS(=O)(=O)c5cccc(Cl)c5Cl)cc4)nn(C)c3n2)CC1. The summed E-state index contributed by atoms with van der Waals surface area (Å²) >= 11 is 12.1. The predicted octanol–water partition coefficient (Wildman–Crippen LogP) is 4.19. The summed E-state index contributed by atoms with van der Waals surface area (Å²) in [5, 5.41) is 8.92. The van der Waals surface area contributed by atoms with Gasteiger partial charge in [-0.15, -0.1) is 0 Å². The Kier molecular flexibility index (Phi) is 8.24. The zero-order valence-electron chi connectivity index (χ0n) is 21.7. The Morgan fingerprint density at radius 2 is 1.74 bits per heavy atom. The molecule has 13 heteroatoms. The van der Waals surface area contributed by atoms with Crippen molar-refractivity contribution in [2.24, 2.45) is 7.05 Å². The molecule has 10 nitrogen and oxygen atoms in total. The second kappa shape index (κ2) is 11.6. The molecule has 4 aromatic rings. The summed E-state index contributed by atoms with van der Waals surface area (Å²) in [6.07, 6.45) is 2.78. The zero-order valence-corrected chi connectivity index (χ0v) is 24.1. The van der Waals surface area contributed by atoms with Gasteiger partial charge >= 0.3 is 0 Å². The van der Waals surface area contributed by atoms with Crippen LogP contribution in [0.1, 0.15) is 6.42 Å². The molecule has 2 N–H and O–H groups in total. The number of nitrogens with zero attached hydrogens (tertiary/aromatic N) is 6. The van der Waals surface area contributed by atoms with Crippen molar-refractivity contribution in [2.45, 2.75) is 11.3 Å². The molecular formula is C26H30Cl2N8O2S. The Morgan fingerprint density at radius 3 is 2.49 bits per heavy atom. The van der Waals surface area contributed by atoms with E-state index in [0.717, 1.165) is 56.6 Å². The third-order valence-electron chi connectivity index (χ3n) is 6.73. The number of piperazine rings is 1. The standard InChI is InChI=1S/C26H30Cl2N8O2S/c1-34-13-15-36(16-14-34)12-4-11-29-26-30-17-20-24(32-35(2)25(20)31-26)18-7-9-19(10-8-18)33-39(37,38)22-6-3-5-21(27)23(22)28/h3,5-10,17,33H,4,11-16H2,1-2H3,(H,29,30,31). The molecule has 0 unspecified atom stereocenters. The molecule has 1 fully saturated rings. The molecule has 5 rings (SSSR count). The van der Waals surface area contributed by atoms with Gasteiger partial charge in [0, 0.05) is 57.2 Å². The summed E-state index contributed by atoms with van der Waals surface area (Å²) in [5.74, 6) is 0.569. The maximum absolute atomic E-state index is 12.8. The summed E-state index contributed by atoms with van der Waals surface area (Å²) in [6, 6.07) is 11.4. The van der Waals surface area contributed by atoms with Crippen molar-refractivity contribution in [1.29, 1.82) is 0 Å². The highest BCUT2D eigenvalue weighted by molar-refractivity contribution is 7.92. The van der Waals surface area contributed by atoms with E-state index in [1.54, 1.807) is 35.1 Å². The Hall–Kier alpha value is -2.96. The fraction of sp³-hybridized carbons (Fsp3) is 0.346. The van der Waals surface area contributed by atoms with Crippen molar-refractivity contribution < 1.29 is 8.42 Å². The molecule has 0 spiro atoms. The van der Waals surface area contributed by atoms with Crippen LogP contribution >= 0.6 is 23.2 Å². The molecule has 0 saturated carbocycles. The molecule has 206 valence electrons. The number of rotatable bonds is 9. The van der Waals surface area contributed by atoms with Crippen molar-refractivity contribution in [3.05, 3.63) is 58.7 Å². The van der Waals surface area contributed by atoms with Gasteiger partial charge in [0.25, 0.3) is 10.0 Å². The summed E-state index contributed by atoms with van der Waals surface area (Å²) < 4.78 is 29.9. The van der Waals surface area contributed by atoms with E-state index in [2.05, 4.69) is 42.0 Å². The molecule has 1 saturated heterocycles. The van der Waals surface area contributed by atoms with Crippen LogP contribution in [0, 0.1) is 0 Å². The van der Waals surface area contributed by atoms with Crippen LogP contribution in [0.5, 0.6) is 0 Å². The second-order valence-electron chi connectivity index (χ2n) is 9.56. The van der Waals surface area contributed by atoms with E-state index in [0.29, 0.717) is 23.0 Å². The molecule has 2 aromatic heterocycles. The smallest absolute Gasteiger partial charge is 0.263 e. The second-order valence-corrected chi connectivity index (χ2v) is 12.0. The van der Waals surface area contributed by atoms with E-state index in [9.17, 15) is 8.42 Å². The van der Waals surface area contributed by atoms with Crippen LogP contribution in [0.25, 0.3) is 22.3 Å². The molecule has 0 atom stereocenters. The number of aryl methyl sites for hydroxylation is 1. The molecule has 0 aliphatic carbocycles.